The average Bonchev–Trinajstić information content (AvgIpc) is 3.19. The molecule has 0 bridgehead atoms. The van der Waals surface area contributed by atoms with E-state index in [1.54, 1.807) is 12.1 Å². The van der Waals surface area contributed by atoms with E-state index in [1.807, 2.05) is 41.8 Å². The number of hydrogen-bond acceptors (Lipinski definition) is 6. The normalized spacial score (nSPS) is 10.7. The molecule has 3 rings (SSSR count). The van der Waals surface area contributed by atoms with Gasteiger partial charge in [-0.05, 0) is 37.1 Å². The zero-order chi connectivity index (χ0) is 21.3. The number of nitro groups is 1. The van der Waals surface area contributed by atoms with E-state index in [0.29, 0.717) is 23.9 Å². The number of nitrogens with one attached hydrogen (secondary N) is 1. The number of nitrogens with zero attached hydrogens (tertiary/aromatic N) is 4. The molecule has 0 fully saturated rings. The lowest BCUT2D eigenvalue weighted by Crippen LogP contribution is -2.23. The van der Waals surface area contributed by atoms with Crippen LogP contribution < -0.4 is 5.32 Å². The Morgan fingerprint density at radius 2 is 1.87 bits per heavy atom. The van der Waals surface area contributed by atoms with E-state index in [9.17, 15) is 14.9 Å². The van der Waals surface area contributed by atoms with Crippen LogP contribution in [0, 0.1) is 10.1 Å². The predicted molar refractivity (Wildman–Crippen MR) is 117 cm³/mol. The van der Waals surface area contributed by atoms with Crippen LogP contribution in [0.5, 0.6) is 0 Å². The minimum atomic E-state index is -0.427. The van der Waals surface area contributed by atoms with Gasteiger partial charge < -0.3 is 5.32 Å². The van der Waals surface area contributed by atoms with Gasteiger partial charge >= 0.3 is 0 Å². The SMILES string of the molecule is CCCNC(=O)CCCSc1nnc(-c2ccc([N+](=O)[O-])cc2)n1-c1ccccc1. The smallest absolute Gasteiger partial charge is 0.269 e. The van der Waals surface area contributed by atoms with Crippen molar-refractivity contribution in [1.29, 1.82) is 0 Å². The standard InChI is InChI=1S/C21H23N5O3S/c1-2-14-22-19(27)9-6-15-30-21-24-23-20(25(21)17-7-4-3-5-8-17)16-10-12-18(13-11-16)26(28)29/h3-5,7-8,10-13H,2,6,9,14-15H2,1H3,(H,22,27). The average molecular weight is 426 g/mol. The van der Waals surface area contributed by atoms with E-state index in [2.05, 4.69) is 15.5 Å². The molecule has 8 nitrogen and oxygen atoms in total. The lowest BCUT2D eigenvalue weighted by Gasteiger charge is -2.10. The number of non-ortho nitro benzene ring substituents is 1. The van der Waals surface area contributed by atoms with Gasteiger partial charge in [0.1, 0.15) is 0 Å². The highest BCUT2D eigenvalue weighted by Gasteiger charge is 2.17. The summed E-state index contributed by atoms with van der Waals surface area (Å²) in [5.74, 6) is 1.40. The molecule has 1 heterocycles. The third-order valence-corrected chi connectivity index (χ3v) is 5.35. The monoisotopic (exact) mass is 425 g/mol. The lowest BCUT2D eigenvalue weighted by atomic mass is 10.2. The summed E-state index contributed by atoms with van der Waals surface area (Å²) < 4.78 is 1.93. The highest BCUT2D eigenvalue weighted by molar-refractivity contribution is 7.99. The van der Waals surface area contributed by atoms with Crippen molar-refractivity contribution in [1.82, 2.24) is 20.1 Å². The number of rotatable bonds is 10. The maximum absolute atomic E-state index is 11.8. The summed E-state index contributed by atoms with van der Waals surface area (Å²) in [6.07, 6.45) is 2.13. The molecule has 0 atom stereocenters. The summed E-state index contributed by atoms with van der Waals surface area (Å²) in [6, 6.07) is 16.0. The quantitative estimate of drug-likeness (QED) is 0.226. The molecule has 0 spiro atoms. The highest BCUT2D eigenvalue weighted by atomic mass is 32.2. The van der Waals surface area contributed by atoms with Gasteiger partial charge in [0, 0.05) is 42.1 Å². The molecule has 0 unspecified atom stereocenters. The fourth-order valence-corrected chi connectivity index (χ4v) is 3.73. The van der Waals surface area contributed by atoms with Gasteiger partial charge in [-0.3, -0.25) is 19.5 Å². The maximum atomic E-state index is 11.8. The van der Waals surface area contributed by atoms with Gasteiger partial charge in [-0.15, -0.1) is 10.2 Å². The first-order chi connectivity index (χ1) is 14.6. The van der Waals surface area contributed by atoms with Crippen molar-refractivity contribution in [2.75, 3.05) is 12.3 Å². The van der Waals surface area contributed by atoms with Crippen molar-refractivity contribution in [3.8, 4) is 17.1 Å². The first-order valence-electron chi connectivity index (χ1n) is 9.75. The van der Waals surface area contributed by atoms with E-state index in [4.69, 9.17) is 0 Å². The first-order valence-corrected chi connectivity index (χ1v) is 10.7. The molecular formula is C21H23N5O3S. The minimum absolute atomic E-state index is 0.0282. The van der Waals surface area contributed by atoms with Crippen LogP contribution in [-0.4, -0.2) is 37.9 Å². The number of benzene rings is 2. The fourth-order valence-electron chi connectivity index (χ4n) is 2.84. The van der Waals surface area contributed by atoms with Gasteiger partial charge in [0.2, 0.25) is 5.91 Å². The van der Waals surface area contributed by atoms with Crippen LogP contribution in [0.25, 0.3) is 17.1 Å². The number of thioether (sulfide) groups is 1. The van der Waals surface area contributed by atoms with Gasteiger partial charge in [0.25, 0.3) is 5.69 Å². The van der Waals surface area contributed by atoms with Crippen molar-refractivity contribution >= 4 is 23.4 Å². The number of carbonyl (C=O) groups excluding carboxylic acids is 1. The molecule has 156 valence electrons. The number of carbonyl (C=O) groups is 1. The Kier molecular flexibility index (Phi) is 7.56. The Morgan fingerprint density at radius 1 is 1.13 bits per heavy atom. The second-order valence-electron chi connectivity index (χ2n) is 6.58. The van der Waals surface area contributed by atoms with Crippen LogP contribution >= 0.6 is 11.8 Å². The van der Waals surface area contributed by atoms with Gasteiger partial charge in [0.05, 0.1) is 4.92 Å². The Hall–Kier alpha value is -3.20. The topological polar surface area (TPSA) is 103 Å². The van der Waals surface area contributed by atoms with E-state index >= 15 is 0 Å². The van der Waals surface area contributed by atoms with Crippen molar-refractivity contribution in [3.63, 3.8) is 0 Å². The Balaban J connectivity index is 1.79. The second kappa shape index (κ2) is 10.5. The summed E-state index contributed by atoms with van der Waals surface area (Å²) in [5.41, 5.74) is 1.67. The molecule has 0 aliphatic heterocycles. The van der Waals surface area contributed by atoms with E-state index in [1.165, 1.54) is 23.9 Å². The number of amides is 1. The van der Waals surface area contributed by atoms with E-state index in [-0.39, 0.29) is 11.6 Å². The highest BCUT2D eigenvalue weighted by Crippen LogP contribution is 2.29. The van der Waals surface area contributed by atoms with Crippen molar-refractivity contribution in [3.05, 3.63) is 64.7 Å². The summed E-state index contributed by atoms with van der Waals surface area (Å²) in [7, 11) is 0. The summed E-state index contributed by atoms with van der Waals surface area (Å²) in [4.78, 5) is 22.3. The zero-order valence-corrected chi connectivity index (χ0v) is 17.5. The molecule has 0 radical (unpaired) electrons. The van der Waals surface area contributed by atoms with Gasteiger partial charge in [-0.1, -0.05) is 36.9 Å². The predicted octanol–water partition coefficient (Wildman–Crippen LogP) is 4.24. The van der Waals surface area contributed by atoms with Gasteiger partial charge in [0.15, 0.2) is 11.0 Å². The number of para-hydroxylation sites is 1. The molecule has 2 aromatic carbocycles. The zero-order valence-electron chi connectivity index (χ0n) is 16.7. The number of hydrogen-bond donors (Lipinski definition) is 1. The molecule has 0 aliphatic carbocycles. The van der Waals surface area contributed by atoms with Gasteiger partial charge in [-0.25, -0.2) is 0 Å². The third-order valence-electron chi connectivity index (χ3n) is 4.34. The fraction of sp³-hybridized carbons (Fsp3) is 0.286. The van der Waals surface area contributed by atoms with Crippen LogP contribution in [0.15, 0.2) is 59.8 Å². The summed E-state index contributed by atoms with van der Waals surface area (Å²) in [5, 5.41) is 23.2. The van der Waals surface area contributed by atoms with Crippen LogP contribution in [-0.2, 0) is 4.79 Å². The molecule has 9 heteroatoms. The van der Waals surface area contributed by atoms with E-state index in [0.717, 1.165) is 29.8 Å². The second-order valence-corrected chi connectivity index (χ2v) is 7.65. The Bertz CT molecular complexity index is 990. The molecule has 0 saturated heterocycles. The largest absolute Gasteiger partial charge is 0.356 e. The van der Waals surface area contributed by atoms with Crippen molar-refractivity contribution in [2.45, 2.75) is 31.3 Å². The van der Waals surface area contributed by atoms with E-state index < -0.39 is 4.92 Å². The van der Waals surface area contributed by atoms with Crippen molar-refractivity contribution in [2.24, 2.45) is 0 Å². The maximum Gasteiger partial charge on any atom is 0.269 e. The number of nitro benzene ring substituents is 1. The molecule has 3 aromatic rings. The van der Waals surface area contributed by atoms with Gasteiger partial charge in [-0.2, -0.15) is 0 Å². The molecule has 30 heavy (non-hydrogen) atoms. The first kappa shape index (κ1) is 21.5. The third kappa shape index (κ3) is 5.44. The van der Waals surface area contributed by atoms with Crippen LogP contribution in [0.1, 0.15) is 26.2 Å². The van der Waals surface area contributed by atoms with Crippen LogP contribution in [0.4, 0.5) is 5.69 Å². The van der Waals surface area contributed by atoms with Crippen molar-refractivity contribution < 1.29 is 9.72 Å². The van der Waals surface area contributed by atoms with Crippen LogP contribution in [0.3, 0.4) is 0 Å². The Morgan fingerprint density at radius 3 is 2.53 bits per heavy atom. The Labute approximate surface area is 178 Å². The molecule has 1 aromatic heterocycles. The molecule has 1 N–H and O–H groups in total. The minimum Gasteiger partial charge on any atom is -0.356 e. The molecule has 0 aliphatic rings. The lowest BCUT2D eigenvalue weighted by molar-refractivity contribution is -0.384. The summed E-state index contributed by atoms with van der Waals surface area (Å²) >= 11 is 1.53. The van der Waals surface area contributed by atoms with Crippen LogP contribution in [0.2, 0.25) is 0 Å². The number of aromatic nitrogens is 3. The molecular weight excluding hydrogens is 402 g/mol. The summed E-state index contributed by atoms with van der Waals surface area (Å²) in [6.45, 7) is 2.72. The molecule has 0 saturated carbocycles. The molecule has 1 amide bonds.